The number of hydrogen-bond acceptors (Lipinski definition) is 3. The minimum Gasteiger partial charge on any atom is -0.311 e. The van der Waals surface area contributed by atoms with Crippen LogP contribution in [0.2, 0.25) is 0 Å². The van der Waals surface area contributed by atoms with Gasteiger partial charge in [-0.05, 0) is 60.7 Å². The summed E-state index contributed by atoms with van der Waals surface area (Å²) in [6.45, 7) is 0. The molecular formula is C32H23N3O. The van der Waals surface area contributed by atoms with Crippen molar-refractivity contribution in [3.05, 3.63) is 151 Å². The number of pyridine rings is 1. The van der Waals surface area contributed by atoms with Crippen molar-refractivity contribution in [3.63, 3.8) is 0 Å². The summed E-state index contributed by atoms with van der Waals surface area (Å²) in [6, 6.07) is 43.9. The van der Waals surface area contributed by atoms with Gasteiger partial charge in [0.05, 0.1) is 5.69 Å². The van der Waals surface area contributed by atoms with Crippen LogP contribution in [0.25, 0.3) is 16.9 Å². The molecule has 0 saturated heterocycles. The van der Waals surface area contributed by atoms with E-state index < -0.39 is 0 Å². The van der Waals surface area contributed by atoms with Crippen molar-refractivity contribution in [2.75, 3.05) is 4.90 Å². The molecule has 4 aromatic carbocycles. The van der Waals surface area contributed by atoms with Gasteiger partial charge in [0, 0.05) is 34.4 Å². The third-order valence-electron chi connectivity index (χ3n) is 6.21. The molecule has 0 saturated carbocycles. The molecule has 6 aromatic rings. The standard InChI is InChI=1S/C32H23N3O/c36-32(30-31(24-12-4-1-5-13-24)34-23-11-10-18-29(34)33-30)25-19-21-28(22-20-25)35(26-14-6-2-7-15-26)27-16-8-3-9-17-27/h1-23H. The van der Waals surface area contributed by atoms with Gasteiger partial charge in [-0.2, -0.15) is 0 Å². The average Bonchev–Trinajstić information content (AvgIpc) is 3.35. The molecule has 0 bridgehead atoms. The Hall–Kier alpha value is -4.96. The second-order valence-corrected chi connectivity index (χ2v) is 8.49. The van der Waals surface area contributed by atoms with Gasteiger partial charge in [-0.25, -0.2) is 4.98 Å². The van der Waals surface area contributed by atoms with E-state index in [1.54, 1.807) is 0 Å². The van der Waals surface area contributed by atoms with Crippen LogP contribution in [0.5, 0.6) is 0 Å². The lowest BCUT2D eigenvalue weighted by molar-refractivity contribution is 0.103. The molecule has 0 aliphatic rings. The first-order valence-corrected chi connectivity index (χ1v) is 11.9. The quantitative estimate of drug-likeness (QED) is 0.237. The highest BCUT2D eigenvalue weighted by Gasteiger charge is 2.22. The molecule has 0 unspecified atom stereocenters. The number of rotatable bonds is 6. The molecule has 0 radical (unpaired) electrons. The normalized spacial score (nSPS) is 10.9. The number of benzene rings is 4. The van der Waals surface area contributed by atoms with Crippen LogP contribution in [0.3, 0.4) is 0 Å². The van der Waals surface area contributed by atoms with Crippen LogP contribution in [-0.4, -0.2) is 15.2 Å². The van der Waals surface area contributed by atoms with Crippen LogP contribution in [0, 0.1) is 0 Å². The first-order valence-electron chi connectivity index (χ1n) is 11.9. The number of carbonyl (C=O) groups is 1. The van der Waals surface area contributed by atoms with Crippen LogP contribution in [-0.2, 0) is 0 Å². The molecular weight excluding hydrogens is 442 g/mol. The summed E-state index contributed by atoms with van der Waals surface area (Å²) in [4.78, 5) is 20.6. The summed E-state index contributed by atoms with van der Waals surface area (Å²) in [6.07, 6.45) is 1.95. The monoisotopic (exact) mass is 465 g/mol. The van der Waals surface area contributed by atoms with Crippen LogP contribution in [0.1, 0.15) is 16.1 Å². The van der Waals surface area contributed by atoms with Crippen molar-refractivity contribution in [2.45, 2.75) is 0 Å². The van der Waals surface area contributed by atoms with E-state index in [4.69, 9.17) is 4.98 Å². The predicted molar refractivity (Wildman–Crippen MR) is 145 cm³/mol. The van der Waals surface area contributed by atoms with Gasteiger partial charge < -0.3 is 4.90 Å². The van der Waals surface area contributed by atoms with E-state index in [9.17, 15) is 4.79 Å². The summed E-state index contributed by atoms with van der Waals surface area (Å²) in [5, 5.41) is 0. The van der Waals surface area contributed by atoms with E-state index in [1.165, 1.54) is 0 Å². The van der Waals surface area contributed by atoms with Gasteiger partial charge in [0.15, 0.2) is 0 Å². The highest BCUT2D eigenvalue weighted by molar-refractivity contribution is 6.12. The zero-order valence-corrected chi connectivity index (χ0v) is 19.5. The first-order chi connectivity index (χ1) is 17.8. The molecule has 0 atom stereocenters. The van der Waals surface area contributed by atoms with E-state index in [-0.39, 0.29) is 5.78 Å². The molecule has 172 valence electrons. The highest BCUT2D eigenvalue weighted by atomic mass is 16.1. The van der Waals surface area contributed by atoms with Gasteiger partial charge >= 0.3 is 0 Å². The van der Waals surface area contributed by atoms with Gasteiger partial charge in [0.25, 0.3) is 0 Å². The molecule has 6 rings (SSSR count). The summed E-state index contributed by atoms with van der Waals surface area (Å²) in [5.74, 6) is -0.102. The Morgan fingerprint density at radius 2 is 1.11 bits per heavy atom. The largest absolute Gasteiger partial charge is 0.311 e. The van der Waals surface area contributed by atoms with Crippen LogP contribution in [0.15, 0.2) is 140 Å². The summed E-state index contributed by atoms with van der Waals surface area (Å²) in [7, 11) is 0. The van der Waals surface area contributed by atoms with Crippen molar-refractivity contribution >= 4 is 28.5 Å². The van der Waals surface area contributed by atoms with Gasteiger partial charge in [0.1, 0.15) is 11.3 Å². The summed E-state index contributed by atoms with van der Waals surface area (Å²) >= 11 is 0. The number of aromatic nitrogens is 2. The number of fused-ring (bicyclic) bond motifs is 1. The molecule has 2 heterocycles. The van der Waals surface area contributed by atoms with Crippen molar-refractivity contribution < 1.29 is 4.79 Å². The zero-order valence-electron chi connectivity index (χ0n) is 19.5. The van der Waals surface area contributed by atoms with Crippen LogP contribution < -0.4 is 4.90 Å². The summed E-state index contributed by atoms with van der Waals surface area (Å²) < 4.78 is 1.98. The zero-order chi connectivity index (χ0) is 24.3. The Labute approximate surface area is 209 Å². The lowest BCUT2D eigenvalue weighted by Crippen LogP contribution is -2.10. The maximum Gasteiger partial charge on any atom is 0.213 e. The molecule has 0 spiro atoms. The molecule has 0 amide bonds. The van der Waals surface area contributed by atoms with Crippen LogP contribution >= 0.6 is 0 Å². The lowest BCUT2D eigenvalue weighted by atomic mass is 10.0. The lowest BCUT2D eigenvalue weighted by Gasteiger charge is -2.25. The topological polar surface area (TPSA) is 37.6 Å². The predicted octanol–water partition coefficient (Wildman–Crippen LogP) is 7.70. The van der Waals surface area contributed by atoms with E-state index >= 15 is 0 Å². The number of para-hydroxylation sites is 2. The Balaban J connectivity index is 1.41. The fraction of sp³-hybridized carbons (Fsp3) is 0. The minimum atomic E-state index is -0.102. The molecule has 0 aliphatic carbocycles. The Morgan fingerprint density at radius 1 is 0.583 bits per heavy atom. The van der Waals surface area contributed by atoms with E-state index in [0.29, 0.717) is 11.3 Å². The third kappa shape index (κ3) is 3.95. The van der Waals surface area contributed by atoms with E-state index in [0.717, 1.165) is 34.0 Å². The summed E-state index contributed by atoms with van der Waals surface area (Å²) in [5.41, 5.74) is 6.62. The molecule has 0 N–H and O–H groups in total. The first kappa shape index (κ1) is 21.6. The molecule has 4 heteroatoms. The average molecular weight is 466 g/mol. The molecule has 0 aliphatic heterocycles. The number of imidazole rings is 1. The number of nitrogens with zero attached hydrogens (tertiary/aromatic N) is 3. The highest BCUT2D eigenvalue weighted by Crippen LogP contribution is 2.34. The minimum absolute atomic E-state index is 0.102. The van der Waals surface area contributed by atoms with E-state index in [2.05, 4.69) is 29.2 Å². The number of hydrogen-bond donors (Lipinski definition) is 0. The van der Waals surface area contributed by atoms with E-state index in [1.807, 2.05) is 120 Å². The second-order valence-electron chi connectivity index (χ2n) is 8.49. The van der Waals surface area contributed by atoms with Gasteiger partial charge in [0.2, 0.25) is 5.78 Å². The Kier molecular flexibility index (Phi) is 5.60. The third-order valence-corrected chi connectivity index (χ3v) is 6.21. The van der Waals surface area contributed by atoms with Gasteiger partial charge in [-0.15, -0.1) is 0 Å². The van der Waals surface area contributed by atoms with Gasteiger partial charge in [-0.3, -0.25) is 9.20 Å². The molecule has 36 heavy (non-hydrogen) atoms. The fourth-order valence-electron chi connectivity index (χ4n) is 4.53. The fourth-order valence-corrected chi connectivity index (χ4v) is 4.53. The van der Waals surface area contributed by atoms with Crippen molar-refractivity contribution in [2.24, 2.45) is 0 Å². The molecule has 4 nitrogen and oxygen atoms in total. The smallest absolute Gasteiger partial charge is 0.213 e. The Morgan fingerprint density at radius 3 is 1.72 bits per heavy atom. The second kappa shape index (κ2) is 9.35. The maximum atomic E-state index is 13.7. The van der Waals surface area contributed by atoms with Crippen LogP contribution in [0.4, 0.5) is 17.1 Å². The van der Waals surface area contributed by atoms with Gasteiger partial charge in [-0.1, -0.05) is 72.8 Å². The Bertz CT molecular complexity index is 1580. The van der Waals surface area contributed by atoms with Crippen molar-refractivity contribution in [1.82, 2.24) is 9.38 Å². The SMILES string of the molecule is O=C(c1ccc(N(c2ccccc2)c2ccccc2)cc1)c1nc2ccccn2c1-c1ccccc1. The maximum absolute atomic E-state index is 13.7. The number of carbonyl (C=O) groups excluding carboxylic acids is 1. The molecule has 2 aromatic heterocycles. The van der Waals surface area contributed by atoms with Crippen molar-refractivity contribution in [1.29, 1.82) is 0 Å². The molecule has 0 fully saturated rings. The van der Waals surface area contributed by atoms with Crippen molar-refractivity contribution in [3.8, 4) is 11.3 Å². The number of ketones is 1. The number of anilines is 3.